The number of ether oxygens (including phenoxy) is 2. The van der Waals surface area contributed by atoms with Gasteiger partial charge in [0.1, 0.15) is 22.0 Å². The molecule has 8 heteroatoms. The standard InChI is InChI=1S/C23H26N2O5S/c1-7-28-18-11-19-17(13(4)15(6)30-19)10-16(18)12(3)9-20(26)25-23-24-14(5)21(31-23)22(27)29-8-2/h9-11H,7-8H2,1-6H3,(H,24,25,26)/b12-9+. The van der Waals surface area contributed by atoms with Gasteiger partial charge in [0, 0.05) is 23.1 Å². The monoisotopic (exact) mass is 442 g/mol. The van der Waals surface area contributed by atoms with Crippen molar-refractivity contribution in [1.82, 2.24) is 4.98 Å². The van der Waals surface area contributed by atoms with E-state index in [1.165, 1.54) is 6.08 Å². The van der Waals surface area contributed by atoms with Crippen LogP contribution in [0.1, 0.15) is 53.0 Å². The zero-order chi connectivity index (χ0) is 22.7. The first kappa shape index (κ1) is 22.6. The van der Waals surface area contributed by atoms with Crippen LogP contribution >= 0.6 is 11.3 Å². The third-order valence-corrected chi connectivity index (χ3v) is 5.89. The predicted molar refractivity (Wildman–Crippen MR) is 122 cm³/mol. The van der Waals surface area contributed by atoms with Crippen LogP contribution in [0, 0.1) is 20.8 Å². The van der Waals surface area contributed by atoms with Crippen LogP contribution in [0.5, 0.6) is 5.75 Å². The molecule has 3 aromatic rings. The second-order valence-electron chi connectivity index (χ2n) is 7.03. The van der Waals surface area contributed by atoms with Gasteiger partial charge in [-0.25, -0.2) is 9.78 Å². The van der Waals surface area contributed by atoms with E-state index in [0.29, 0.717) is 28.1 Å². The number of benzene rings is 1. The number of fused-ring (bicyclic) bond motifs is 1. The van der Waals surface area contributed by atoms with Crippen LogP contribution in [0.15, 0.2) is 22.6 Å². The number of hydrogen-bond acceptors (Lipinski definition) is 7. The van der Waals surface area contributed by atoms with Crippen molar-refractivity contribution in [3.8, 4) is 5.75 Å². The summed E-state index contributed by atoms with van der Waals surface area (Å²) >= 11 is 1.09. The van der Waals surface area contributed by atoms with E-state index in [2.05, 4.69) is 10.3 Å². The smallest absolute Gasteiger partial charge is 0.350 e. The van der Waals surface area contributed by atoms with E-state index >= 15 is 0 Å². The summed E-state index contributed by atoms with van der Waals surface area (Å²) in [4.78, 5) is 29.2. The van der Waals surface area contributed by atoms with Gasteiger partial charge >= 0.3 is 5.97 Å². The minimum absolute atomic E-state index is 0.280. The molecule has 0 bridgehead atoms. The maximum atomic E-state index is 12.6. The Balaban J connectivity index is 1.88. The average molecular weight is 443 g/mol. The molecule has 2 heterocycles. The zero-order valence-electron chi connectivity index (χ0n) is 18.5. The number of furan rings is 1. The number of esters is 1. The van der Waals surface area contributed by atoms with Crippen molar-refractivity contribution >= 4 is 44.9 Å². The van der Waals surface area contributed by atoms with Crippen molar-refractivity contribution in [3.05, 3.63) is 45.7 Å². The summed E-state index contributed by atoms with van der Waals surface area (Å²) in [5.41, 5.74) is 3.88. The molecule has 0 radical (unpaired) electrons. The Morgan fingerprint density at radius 3 is 2.61 bits per heavy atom. The van der Waals surface area contributed by atoms with Crippen LogP contribution in [-0.4, -0.2) is 30.1 Å². The lowest BCUT2D eigenvalue weighted by Crippen LogP contribution is -2.08. The molecule has 1 amide bonds. The van der Waals surface area contributed by atoms with E-state index < -0.39 is 5.97 Å². The number of anilines is 1. The third-order valence-electron chi connectivity index (χ3n) is 4.84. The van der Waals surface area contributed by atoms with Gasteiger partial charge in [-0.1, -0.05) is 11.3 Å². The molecule has 0 aliphatic rings. The molecule has 0 aliphatic heterocycles. The van der Waals surface area contributed by atoms with Gasteiger partial charge in [-0.05, 0) is 58.7 Å². The Labute approximate surface area is 185 Å². The lowest BCUT2D eigenvalue weighted by atomic mass is 10.0. The topological polar surface area (TPSA) is 90.7 Å². The number of nitrogens with zero attached hydrogens (tertiary/aromatic N) is 1. The van der Waals surface area contributed by atoms with Crippen molar-refractivity contribution in [1.29, 1.82) is 0 Å². The van der Waals surface area contributed by atoms with E-state index in [-0.39, 0.29) is 12.5 Å². The molecule has 0 saturated carbocycles. The number of amides is 1. The van der Waals surface area contributed by atoms with Gasteiger partial charge in [-0.15, -0.1) is 0 Å². The van der Waals surface area contributed by atoms with E-state index in [9.17, 15) is 9.59 Å². The second-order valence-corrected chi connectivity index (χ2v) is 8.03. The van der Waals surface area contributed by atoms with Crippen LogP contribution in [0.25, 0.3) is 16.5 Å². The van der Waals surface area contributed by atoms with Crippen LogP contribution in [-0.2, 0) is 9.53 Å². The minimum atomic E-state index is -0.440. The van der Waals surface area contributed by atoms with E-state index in [4.69, 9.17) is 13.9 Å². The number of carbonyl (C=O) groups is 2. The summed E-state index contributed by atoms with van der Waals surface area (Å²) in [5, 5.41) is 4.06. The normalized spacial score (nSPS) is 11.6. The van der Waals surface area contributed by atoms with E-state index in [1.807, 2.05) is 39.8 Å². The average Bonchev–Trinajstić information content (AvgIpc) is 3.20. The van der Waals surface area contributed by atoms with Gasteiger partial charge < -0.3 is 13.9 Å². The van der Waals surface area contributed by atoms with Gasteiger partial charge in [0.05, 0.1) is 18.9 Å². The quantitative estimate of drug-likeness (QED) is 0.387. The van der Waals surface area contributed by atoms with Crippen molar-refractivity contribution in [3.63, 3.8) is 0 Å². The SMILES string of the molecule is CCOC(=O)c1sc(NC(=O)/C=C(\C)c2cc3c(C)c(C)oc3cc2OCC)nc1C. The first-order chi connectivity index (χ1) is 14.7. The minimum Gasteiger partial charge on any atom is -0.493 e. The van der Waals surface area contributed by atoms with Crippen LogP contribution < -0.4 is 10.1 Å². The van der Waals surface area contributed by atoms with E-state index in [1.54, 1.807) is 13.8 Å². The first-order valence-corrected chi connectivity index (χ1v) is 10.9. The van der Waals surface area contributed by atoms with Gasteiger partial charge in [0.25, 0.3) is 0 Å². The summed E-state index contributed by atoms with van der Waals surface area (Å²) < 4.78 is 16.6. The summed E-state index contributed by atoms with van der Waals surface area (Å²) in [6.45, 7) is 11.9. The van der Waals surface area contributed by atoms with Gasteiger partial charge in [-0.2, -0.15) is 0 Å². The molecule has 3 rings (SSSR count). The van der Waals surface area contributed by atoms with Crippen molar-refractivity contribution in [2.75, 3.05) is 18.5 Å². The molecule has 2 aromatic heterocycles. The molecule has 1 N–H and O–H groups in total. The number of carbonyl (C=O) groups excluding carboxylic acids is 2. The van der Waals surface area contributed by atoms with Gasteiger partial charge in [-0.3, -0.25) is 10.1 Å². The van der Waals surface area contributed by atoms with Crippen LogP contribution in [0.2, 0.25) is 0 Å². The first-order valence-electron chi connectivity index (χ1n) is 10.1. The maximum Gasteiger partial charge on any atom is 0.350 e. The molecule has 7 nitrogen and oxygen atoms in total. The highest BCUT2D eigenvalue weighted by molar-refractivity contribution is 7.17. The van der Waals surface area contributed by atoms with Crippen molar-refractivity contribution < 1.29 is 23.5 Å². The Morgan fingerprint density at radius 2 is 1.94 bits per heavy atom. The summed E-state index contributed by atoms with van der Waals surface area (Å²) in [7, 11) is 0. The fourth-order valence-corrected chi connectivity index (χ4v) is 4.07. The van der Waals surface area contributed by atoms with E-state index in [0.717, 1.165) is 44.8 Å². The largest absolute Gasteiger partial charge is 0.493 e. The molecule has 0 saturated heterocycles. The molecule has 0 fully saturated rings. The lowest BCUT2D eigenvalue weighted by molar-refractivity contribution is -0.111. The number of aromatic nitrogens is 1. The number of thiazole rings is 1. The Morgan fingerprint density at radius 1 is 1.19 bits per heavy atom. The molecule has 0 spiro atoms. The summed E-state index contributed by atoms with van der Waals surface area (Å²) in [5.74, 6) is 0.722. The van der Waals surface area contributed by atoms with Crippen LogP contribution in [0.3, 0.4) is 0 Å². The molecule has 1 aromatic carbocycles. The van der Waals surface area contributed by atoms with Crippen LogP contribution in [0.4, 0.5) is 5.13 Å². The summed E-state index contributed by atoms with van der Waals surface area (Å²) in [6.07, 6.45) is 1.49. The van der Waals surface area contributed by atoms with Crippen molar-refractivity contribution in [2.24, 2.45) is 0 Å². The zero-order valence-corrected chi connectivity index (χ0v) is 19.4. The fraction of sp³-hybridized carbons (Fsp3) is 0.348. The Hall–Kier alpha value is -3.13. The lowest BCUT2D eigenvalue weighted by Gasteiger charge is -2.11. The molecule has 0 atom stereocenters. The molecule has 0 aliphatic carbocycles. The number of hydrogen-bond donors (Lipinski definition) is 1. The van der Waals surface area contributed by atoms with Gasteiger partial charge in [0.2, 0.25) is 5.91 Å². The van der Waals surface area contributed by atoms with Crippen molar-refractivity contribution in [2.45, 2.75) is 41.5 Å². The fourth-order valence-electron chi connectivity index (χ4n) is 3.20. The number of aryl methyl sites for hydroxylation is 3. The molecular formula is C23H26N2O5S. The number of nitrogens with one attached hydrogen (secondary N) is 1. The molecular weight excluding hydrogens is 416 g/mol. The Bertz CT molecular complexity index is 1170. The third kappa shape index (κ3) is 4.80. The second kappa shape index (κ2) is 9.34. The highest BCUT2D eigenvalue weighted by atomic mass is 32.1. The highest BCUT2D eigenvalue weighted by Crippen LogP contribution is 2.35. The predicted octanol–water partition coefficient (Wildman–Crippen LogP) is 5.43. The molecule has 31 heavy (non-hydrogen) atoms. The molecule has 164 valence electrons. The maximum absolute atomic E-state index is 12.6. The van der Waals surface area contributed by atoms with Gasteiger partial charge in [0.15, 0.2) is 5.13 Å². The number of rotatable bonds is 7. The summed E-state index contributed by atoms with van der Waals surface area (Å²) in [6, 6.07) is 3.84. The highest BCUT2D eigenvalue weighted by Gasteiger charge is 2.18. The number of allylic oxidation sites excluding steroid dienone is 1. The molecule has 0 unspecified atom stereocenters. The Kier molecular flexibility index (Phi) is 6.80.